The second-order valence-electron chi connectivity index (χ2n) is 5.11. The van der Waals surface area contributed by atoms with Crippen molar-refractivity contribution in [3.8, 4) is 0 Å². The summed E-state index contributed by atoms with van der Waals surface area (Å²) in [5.74, 6) is -0.956. The van der Waals surface area contributed by atoms with Gasteiger partial charge < -0.3 is 14.2 Å². The van der Waals surface area contributed by atoms with E-state index in [2.05, 4.69) is 12.1 Å². The van der Waals surface area contributed by atoms with Gasteiger partial charge in [-0.25, -0.2) is 0 Å². The number of rotatable bonds is 6. The van der Waals surface area contributed by atoms with Crippen LogP contribution < -0.4 is 0 Å². The molecule has 4 nitrogen and oxygen atoms in total. The molecule has 1 atom stereocenters. The molecule has 1 aromatic rings. The van der Waals surface area contributed by atoms with Gasteiger partial charge in [0.1, 0.15) is 0 Å². The third kappa shape index (κ3) is 3.81. The fourth-order valence-electron chi connectivity index (χ4n) is 2.53. The van der Waals surface area contributed by atoms with E-state index >= 15 is 0 Å². The maximum Gasteiger partial charge on any atom is 0.306 e. The summed E-state index contributed by atoms with van der Waals surface area (Å²) in [4.78, 5) is 11.8. The minimum Gasteiger partial charge on any atom is -0.466 e. The van der Waals surface area contributed by atoms with Crippen LogP contribution >= 0.6 is 0 Å². The molecule has 4 heteroatoms. The Morgan fingerprint density at radius 1 is 1.30 bits per heavy atom. The van der Waals surface area contributed by atoms with Crippen molar-refractivity contribution in [1.29, 1.82) is 0 Å². The first kappa shape index (κ1) is 15.0. The van der Waals surface area contributed by atoms with Gasteiger partial charge in [-0.2, -0.15) is 0 Å². The highest BCUT2D eigenvalue weighted by Crippen LogP contribution is 2.33. The van der Waals surface area contributed by atoms with E-state index in [-0.39, 0.29) is 11.9 Å². The molecule has 0 aromatic heterocycles. The fraction of sp³-hybridized carbons (Fsp3) is 0.562. The number of hydrogen-bond acceptors (Lipinski definition) is 4. The van der Waals surface area contributed by atoms with Crippen LogP contribution in [0.4, 0.5) is 0 Å². The topological polar surface area (TPSA) is 44.8 Å². The van der Waals surface area contributed by atoms with Gasteiger partial charge in [0.15, 0.2) is 5.79 Å². The normalized spacial score (nSPS) is 18.7. The summed E-state index contributed by atoms with van der Waals surface area (Å²) in [5, 5.41) is 0. The van der Waals surface area contributed by atoms with Crippen molar-refractivity contribution in [3.63, 3.8) is 0 Å². The van der Waals surface area contributed by atoms with Gasteiger partial charge in [-0.15, -0.1) is 0 Å². The smallest absolute Gasteiger partial charge is 0.306 e. The average molecular weight is 278 g/mol. The van der Waals surface area contributed by atoms with E-state index in [0.29, 0.717) is 26.2 Å². The first-order valence-electron chi connectivity index (χ1n) is 7.11. The van der Waals surface area contributed by atoms with Crippen LogP contribution in [0.2, 0.25) is 0 Å². The molecule has 1 unspecified atom stereocenters. The van der Waals surface area contributed by atoms with Crippen LogP contribution in [0.5, 0.6) is 0 Å². The van der Waals surface area contributed by atoms with Crippen LogP contribution in [0.3, 0.4) is 0 Å². The van der Waals surface area contributed by atoms with Crippen LogP contribution in [0.15, 0.2) is 30.3 Å². The molecule has 1 aromatic carbocycles. The van der Waals surface area contributed by atoms with Gasteiger partial charge in [0, 0.05) is 5.92 Å². The van der Waals surface area contributed by atoms with Crippen molar-refractivity contribution >= 4 is 5.97 Å². The minimum absolute atomic E-state index is 0.0496. The summed E-state index contributed by atoms with van der Waals surface area (Å²) in [6.07, 6.45) is 1.04. The number of ether oxygens (including phenoxy) is 3. The van der Waals surface area contributed by atoms with Crippen molar-refractivity contribution in [3.05, 3.63) is 35.9 Å². The largest absolute Gasteiger partial charge is 0.466 e. The van der Waals surface area contributed by atoms with Crippen LogP contribution in [0.1, 0.15) is 25.8 Å². The zero-order chi connectivity index (χ0) is 14.4. The monoisotopic (exact) mass is 278 g/mol. The molecular weight excluding hydrogens is 256 g/mol. The number of esters is 1. The molecule has 20 heavy (non-hydrogen) atoms. The zero-order valence-corrected chi connectivity index (χ0v) is 12.1. The van der Waals surface area contributed by atoms with Gasteiger partial charge in [0.05, 0.1) is 26.2 Å². The third-order valence-electron chi connectivity index (χ3n) is 3.65. The lowest BCUT2D eigenvalue weighted by Gasteiger charge is -2.31. The second kappa shape index (κ2) is 6.86. The van der Waals surface area contributed by atoms with Crippen LogP contribution in [-0.2, 0) is 25.4 Å². The highest BCUT2D eigenvalue weighted by atomic mass is 16.7. The summed E-state index contributed by atoms with van der Waals surface area (Å²) in [7, 11) is 0. The number of hydrogen-bond donors (Lipinski definition) is 0. The van der Waals surface area contributed by atoms with Gasteiger partial charge in [0.25, 0.3) is 0 Å². The van der Waals surface area contributed by atoms with E-state index in [9.17, 15) is 4.79 Å². The van der Waals surface area contributed by atoms with Gasteiger partial charge in [0.2, 0.25) is 0 Å². The molecule has 0 radical (unpaired) electrons. The summed E-state index contributed by atoms with van der Waals surface area (Å²) < 4.78 is 16.5. The van der Waals surface area contributed by atoms with E-state index in [1.165, 1.54) is 5.56 Å². The molecule has 2 rings (SSSR count). The minimum atomic E-state index is -0.706. The van der Waals surface area contributed by atoms with Crippen LogP contribution in [0, 0.1) is 5.92 Å². The molecule has 0 bridgehead atoms. The molecule has 0 aliphatic carbocycles. The summed E-state index contributed by atoms with van der Waals surface area (Å²) in [6, 6.07) is 10.1. The zero-order valence-electron chi connectivity index (χ0n) is 12.1. The Kier molecular flexibility index (Phi) is 5.15. The van der Waals surface area contributed by atoms with Crippen molar-refractivity contribution in [2.75, 3.05) is 19.8 Å². The molecule has 1 heterocycles. The van der Waals surface area contributed by atoms with Crippen LogP contribution in [-0.4, -0.2) is 31.6 Å². The summed E-state index contributed by atoms with van der Waals surface area (Å²) in [6.45, 7) is 5.27. The Hall–Kier alpha value is -1.39. The Morgan fingerprint density at radius 2 is 1.95 bits per heavy atom. The Balaban J connectivity index is 2.09. The van der Waals surface area contributed by atoms with Crippen molar-refractivity contribution in [2.45, 2.75) is 32.5 Å². The SMILES string of the molecule is CCOC(=O)CC(Cc1ccccc1)C1(C)OCCO1. The predicted molar refractivity (Wildman–Crippen MR) is 75.2 cm³/mol. The highest BCUT2D eigenvalue weighted by molar-refractivity contribution is 5.69. The van der Waals surface area contributed by atoms with E-state index < -0.39 is 5.79 Å². The van der Waals surface area contributed by atoms with E-state index in [0.717, 1.165) is 6.42 Å². The Bertz CT molecular complexity index is 423. The molecule has 0 amide bonds. The fourth-order valence-corrected chi connectivity index (χ4v) is 2.53. The maximum absolute atomic E-state index is 11.8. The standard InChI is InChI=1S/C16H22O4/c1-3-18-15(17)12-14(16(2)19-9-10-20-16)11-13-7-5-4-6-8-13/h4-8,14H,3,9-12H2,1-2H3. The number of carbonyl (C=O) groups excluding carboxylic acids is 1. The quantitative estimate of drug-likeness (QED) is 0.750. The first-order valence-corrected chi connectivity index (χ1v) is 7.11. The highest BCUT2D eigenvalue weighted by Gasteiger charge is 2.41. The van der Waals surface area contributed by atoms with E-state index in [4.69, 9.17) is 14.2 Å². The molecule has 110 valence electrons. The lowest BCUT2D eigenvalue weighted by atomic mass is 9.89. The lowest BCUT2D eigenvalue weighted by molar-refractivity contribution is -0.188. The molecule has 1 fully saturated rings. The summed E-state index contributed by atoms with van der Waals surface area (Å²) >= 11 is 0. The lowest BCUT2D eigenvalue weighted by Crippen LogP contribution is -2.38. The molecular formula is C16H22O4. The molecule has 1 aliphatic heterocycles. The van der Waals surface area contributed by atoms with Gasteiger partial charge in [-0.3, -0.25) is 4.79 Å². The predicted octanol–water partition coefficient (Wildman–Crippen LogP) is 2.56. The Morgan fingerprint density at radius 3 is 2.55 bits per heavy atom. The van der Waals surface area contributed by atoms with Crippen molar-refractivity contribution in [2.24, 2.45) is 5.92 Å². The second-order valence-corrected chi connectivity index (χ2v) is 5.11. The van der Waals surface area contributed by atoms with Crippen LogP contribution in [0.25, 0.3) is 0 Å². The molecule has 1 saturated heterocycles. The molecule has 0 N–H and O–H groups in total. The Labute approximate surface area is 120 Å². The molecule has 0 saturated carbocycles. The van der Waals surface area contributed by atoms with E-state index in [1.54, 1.807) is 0 Å². The third-order valence-corrected chi connectivity index (χ3v) is 3.65. The number of benzene rings is 1. The first-order chi connectivity index (χ1) is 9.64. The average Bonchev–Trinajstić information content (AvgIpc) is 2.88. The number of carbonyl (C=O) groups is 1. The summed E-state index contributed by atoms with van der Waals surface area (Å²) in [5.41, 5.74) is 1.17. The molecule has 1 aliphatic rings. The van der Waals surface area contributed by atoms with Crippen molar-refractivity contribution < 1.29 is 19.0 Å². The van der Waals surface area contributed by atoms with Crippen molar-refractivity contribution in [1.82, 2.24) is 0 Å². The van der Waals surface area contributed by atoms with Gasteiger partial charge in [-0.05, 0) is 25.8 Å². The maximum atomic E-state index is 11.8. The molecule has 0 spiro atoms. The van der Waals surface area contributed by atoms with E-state index in [1.807, 2.05) is 32.0 Å². The van der Waals surface area contributed by atoms with Gasteiger partial charge >= 0.3 is 5.97 Å². The van der Waals surface area contributed by atoms with Gasteiger partial charge in [-0.1, -0.05) is 30.3 Å².